The molecule has 1 atom stereocenters. The Labute approximate surface area is 89.1 Å². The van der Waals surface area contributed by atoms with Crippen LogP contribution in [0, 0.1) is 0 Å². The van der Waals surface area contributed by atoms with Gasteiger partial charge in [-0.15, -0.1) is 0 Å². The number of aliphatic hydroxyl groups is 1. The molecule has 0 unspecified atom stereocenters. The van der Waals surface area contributed by atoms with Crippen LogP contribution in [0.5, 0.6) is 0 Å². The standard InChI is InChI=1S/C9H19NO3S/c1-14-7-4-8(9(12)13)10-5-2-3-6-11/h8,10-11H,2-7H2,1H3,(H,12,13)/t8-/m0/s1. The number of hydrogen-bond acceptors (Lipinski definition) is 4. The van der Waals surface area contributed by atoms with Crippen molar-refractivity contribution < 1.29 is 15.0 Å². The fourth-order valence-corrected chi connectivity index (χ4v) is 1.53. The molecule has 0 amide bonds. The third-order valence-corrected chi connectivity index (χ3v) is 2.53. The Balaban J connectivity index is 3.57. The lowest BCUT2D eigenvalue weighted by Crippen LogP contribution is -2.37. The molecule has 0 saturated carbocycles. The summed E-state index contributed by atoms with van der Waals surface area (Å²) < 4.78 is 0. The lowest BCUT2D eigenvalue weighted by molar-refractivity contribution is -0.139. The third kappa shape index (κ3) is 7.17. The van der Waals surface area contributed by atoms with E-state index < -0.39 is 12.0 Å². The predicted molar refractivity (Wildman–Crippen MR) is 58.7 cm³/mol. The second-order valence-electron chi connectivity index (χ2n) is 3.06. The van der Waals surface area contributed by atoms with Crippen molar-refractivity contribution in [2.75, 3.05) is 25.2 Å². The Morgan fingerprint density at radius 1 is 1.50 bits per heavy atom. The number of thioether (sulfide) groups is 1. The Morgan fingerprint density at radius 3 is 2.71 bits per heavy atom. The Kier molecular flexibility index (Phi) is 9.13. The van der Waals surface area contributed by atoms with E-state index >= 15 is 0 Å². The predicted octanol–water partition coefficient (Wildman–Crippen LogP) is 0.555. The molecule has 0 fully saturated rings. The first-order valence-corrected chi connectivity index (χ1v) is 6.17. The van der Waals surface area contributed by atoms with Crippen molar-refractivity contribution >= 4 is 17.7 Å². The van der Waals surface area contributed by atoms with Crippen molar-refractivity contribution in [2.24, 2.45) is 0 Å². The largest absolute Gasteiger partial charge is 0.480 e. The van der Waals surface area contributed by atoms with Gasteiger partial charge in [0.25, 0.3) is 0 Å². The fraction of sp³-hybridized carbons (Fsp3) is 0.889. The Morgan fingerprint density at radius 2 is 2.21 bits per heavy atom. The number of carboxylic acid groups (broad SMARTS) is 1. The maximum atomic E-state index is 10.7. The molecule has 0 aliphatic heterocycles. The Bertz CT molecular complexity index is 155. The van der Waals surface area contributed by atoms with E-state index in [-0.39, 0.29) is 6.61 Å². The molecule has 84 valence electrons. The van der Waals surface area contributed by atoms with Crippen LogP contribution in [0.1, 0.15) is 19.3 Å². The summed E-state index contributed by atoms with van der Waals surface area (Å²) in [6.45, 7) is 0.830. The molecule has 0 bridgehead atoms. The third-order valence-electron chi connectivity index (χ3n) is 1.88. The Hall–Kier alpha value is -0.260. The van der Waals surface area contributed by atoms with Gasteiger partial charge >= 0.3 is 5.97 Å². The van der Waals surface area contributed by atoms with Crippen molar-refractivity contribution in [3.05, 3.63) is 0 Å². The van der Waals surface area contributed by atoms with E-state index in [1.807, 2.05) is 6.26 Å². The molecule has 0 aliphatic rings. The van der Waals surface area contributed by atoms with Crippen LogP contribution < -0.4 is 5.32 Å². The number of aliphatic hydroxyl groups excluding tert-OH is 1. The number of unbranched alkanes of at least 4 members (excludes halogenated alkanes) is 1. The summed E-state index contributed by atoms with van der Waals surface area (Å²) in [7, 11) is 0. The average Bonchev–Trinajstić information content (AvgIpc) is 2.16. The van der Waals surface area contributed by atoms with Crippen LogP contribution in [0.2, 0.25) is 0 Å². The molecule has 0 aliphatic carbocycles. The monoisotopic (exact) mass is 221 g/mol. The van der Waals surface area contributed by atoms with E-state index in [2.05, 4.69) is 5.32 Å². The molecule has 0 saturated heterocycles. The molecule has 0 aromatic rings. The molecular formula is C9H19NO3S. The van der Waals surface area contributed by atoms with Gasteiger partial charge in [-0.2, -0.15) is 11.8 Å². The van der Waals surface area contributed by atoms with Gasteiger partial charge in [-0.3, -0.25) is 4.79 Å². The highest BCUT2D eigenvalue weighted by atomic mass is 32.2. The molecule has 14 heavy (non-hydrogen) atoms. The quantitative estimate of drug-likeness (QED) is 0.496. The maximum Gasteiger partial charge on any atom is 0.320 e. The zero-order valence-electron chi connectivity index (χ0n) is 8.53. The molecule has 0 aromatic carbocycles. The average molecular weight is 221 g/mol. The van der Waals surface area contributed by atoms with Crippen LogP contribution in [0.4, 0.5) is 0 Å². The van der Waals surface area contributed by atoms with E-state index in [9.17, 15) is 4.79 Å². The normalized spacial score (nSPS) is 12.7. The second-order valence-corrected chi connectivity index (χ2v) is 4.04. The number of aliphatic carboxylic acids is 1. The van der Waals surface area contributed by atoms with Gasteiger partial charge in [0.05, 0.1) is 0 Å². The summed E-state index contributed by atoms with van der Waals surface area (Å²) in [5, 5.41) is 20.3. The van der Waals surface area contributed by atoms with Crippen molar-refractivity contribution in [2.45, 2.75) is 25.3 Å². The second kappa shape index (κ2) is 9.30. The topological polar surface area (TPSA) is 69.6 Å². The smallest absolute Gasteiger partial charge is 0.320 e. The summed E-state index contributed by atoms with van der Waals surface area (Å²) in [6.07, 6.45) is 4.15. The van der Waals surface area contributed by atoms with Crippen LogP contribution in [-0.2, 0) is 4.79 Å². The molecule has 5 heteroatoms. The summed E-state index contributed by atoms with van der Waals surface area (Å²) in [6, 6.07) is -0.443. The van der Waals surface area contributed by atoms with Gasteiger partial charge in [-0.05, 0) is 37.8 Å². The first-order chi connectivity index (χ1) is 6.72. The minimum absolute atomic E-state index is 0.171. The van der Waals surface area contributed by atoms with Gasteiger partial charge < -0.3 is 15.5 Å². The van der Waals surface area contributed by atoms with Crippen LogP contribution in [0.3, 0.4) is 0 Å². The molecule has 0 aromatic heterocycles. The van der Waals surface area contributed by atoms with Gasteiger partial charge in [-0.25, -0.2) is 0 Å². The van der Waals surface area contributed by atoms with Crippen molar-refractivity contribution in [1.29, 1.82) is 0 Å². The summed E-state index contributed by atoms with van der Waals surface area (Å²) in [4.78, 5) is 10.7. The molecule has 0 heterocycles. The highest BCUT2D eigenvalue weighted by Gasteiger charge is 2.14. The number of carboxylic acids is 1. The van der Waals surface area contributed by atoms with Crippen LogP contribution in [0.25, 0.3) is 0 Å². The highest BCUT2D eigenvalue weighted by Crippen LogP contribution is 2.01. The molecule has 4 nitrogen and oxygen atoms in total. The van der Waals surface area contributed by atoms with E-state index in [1.165, 1.54) is 0 Å². The molecular weight excluding hydrogens is 202 g/mol. The SMILES string of the molecule is CSCC[C@H](NCCCCO)C(=O)O. The van der Waals surface area contributed by atoms with Gasteiger partial charge in [0, 0.05) is 6.61 Å². The lowest BCUT2D eigenvalue weighted by atomic mass is 10.2. The summed E-state index contributed by atoms with van der Waals surface area (Å²) >= 11 is 1.65. The molecule has 0 radical (unpaired) electrons. The molecule has 3 N–H and O–H groups in total. The first-order valence-electron chi connectivity index (χ1n) is 4.78. The highest BCUT2D eigenvalue weighted by molar-refractivity contribution is 7.98. The van der Waals surface area contributed by atoms with Crippen molar-refractivity contribution in [3.63, 3.8) is 0 Å². The zero-order chi connectivity index (χ0) is 10.8. The molecule has 0 spiro atoms. The molecule has 0 rings (SSSR count). The van der Waals surface area contributed by atoms with Crippen molar-refractivity contribution in [1.82, 2.24) is 5.32 Å². The minimum atomic E-state index is -0.789. The zero-order valence-corrected chi connectivity index (χ0v) is 9.35. The summed E-state index contributed by atoms with van der Waals surface area (Å²) in [5.41, 5.74) is 0. The number of hydrogen-bond donors (Lipinski definition) is 3. The van der Waals surface area contributed by atoms with Crippen molar-refractivity contribution in [3.8, 4) is 0 Å². The van der Waals surface area contributed by atoms with Gasteiger partial charge in [0.15, 0.2) is 0 Å². The number of carbonyl (C=O) groups is 1. The number of rotatable bonds is 9. The number of nitrogens with one attached hydrogen (secondary N) is 1. The van der Waals surface area contributed by atoms with E-state index in [4.69, 9.17) is 10.2 Å². The fourth-order valence-electron chi connectivity index (χ4n) is 1.06. The van der Waals surface area contributed by atoms with Crippen LogP contribution in [-0.4, -0.2) is 47.4 Å². The van der Waals surface area contributed by atoms with E-state index in [0.29, 0.717) is 13.0 Å². The van der Waals surface area contributed by atoms with Crippen LogP contribution in [0.15, 0.2) is 0 Å². The lowest BCUT2D eigenvalue weighted by Gasteiger charge is -2.13. The maximum absolute atomic E-state index is 10.7. The van der Waals surface area contributed by atoms with E-state index in [1.54, 1.807) is 11.8 Å². The minimum Gasteiger partial charge on any atom is -0.480 e. The van der Waals surface area contributed by atoms with Crippen LogP contribution >= 0.6 is 11.8 Å². The van der Waals surface area contributed by atoms with Gasteiger partial charge in [0.2, 0.25) is 0 Å². The van der Waals surface area contributed by atoms with Gasteiger partial charge in [0.1, 0.15) is 6.04 Å². The first kappa shape index (κ1) is 13.7. The van der Waals surface area contributed by atoms with Gasteiger partial charge in [-0.1, -0.05) is 0 Å². The van der Waals surface area contributed by atoms with E-state index in [0.717, 1.165) is 18.6 Å². The summed E-state index contributed by atoms with van der Waals surface area (Å²) in [5.74, 6) is 0.0623.